The van der Waals surface area contributed by atoms with Gasteiger partial charge < -0.3 is 0 Å². The minimum atomic E-state index is -0.140. The lowest BCUT2D eigenvalue weighted by atomic mass is 10.7. The number of aromatic amines is 1. The Balaban J connectivity index is 2.77. The topological polar surface area (TPSA) is 50.7 Å². The van der Waals surface area contributed by atoms with E-state index in [-0.39, 0.29) is 5.69 Å². The number of hydrogen-bond donors (Lipinski definition) is 2. The molecule has 6 heteroatoms. The molecule has 68 valence electrons. The Morgan fingerprint density at radius 1 is 1.75 bits per heavy atom. The van der Waals surface area contributed by atoms with Crippen molar-refractivity contribution in [1.82, 2.24) is 14.8 Å². The molecule has 0 atom stereocenters. The first-order valence-electron chi connectivity index (χ1n) is 3.68. The van der Waals surface area contributed by atoms with Gasteiger partial charge in [-0.1, -0.05) is 11.8 Å². The minimum Gasteiger partial charge on any atom is -0.270 e. The summed E-state index contributed by atoms with van der Waals surface area (Å²) in [5.74, 6) is 1.66. The molecule has 0 radical (unpaired) electrons. The Kier molecular flexibility index (Phi) is 3.74. The zero-order valence-corrected chi connectivity index (χ0v) is 8.49. The Labute approximate surface area is 80.2 Å². The number of rotatable bonds is 4. The van der Waals surface area contributed by atoms with Crippen molar-refractivity contribution in [2.75, 3.05) is 11.5 Å². The van der Waals surface area contributed by atoms with Crippen LogP contribution in [0.2, 0.25) is 0 Å². The summed E-state index contributed by atoms with van der Waals surface area (Å²) in [7, 11) is 0. The van der Waals surface area contributed by atoms with Crippen LogP contribution in [-0.2, 0) is 6.54 Å². The van der Waals surface area contributed by atoms with E-state index in [9.17, 15) is 4.79 Å². The maximum atomic E-state index is 11.0. The average Bonchev–Trinajstić information content (AvgIpc) is 2.43. The van der Waals surface area contributed by atoms with E-state index in [2.05, 4.69) is 22.8 Å². The molecular weight excluding hydrogens is 194 g/mol. The molecule has 1 aromatic heterocycles. The van der Waals surface area contributed by atoms with E-state index in [1.165, 1.54) is 11.8 Å². The molecule has 0 aliphatic carbocycles. The van der Waals surface area contributed by atoms with Gasteiger partial charge in [0.1, 0.15) is 0 Å². The molecule has 1 heterocycles. The molecule has 0 fully saturated rings. The third-order valence-electron chi connectivity index (χ3n) is 1.36. The van der Waals surface area contributed by atoms with Gasteiger partial charge in [-0.3, -0.25) is 4.57 Å². The van der Waals surface area contributed by atoms with Crippen molar-refractivity contribution in [2.45, 2.75) is 18.6 Å². The molecule has 1 aromatic rings. The van der Waals surface area contributed by atoms with Gasteiger partial charge in [0.05, 0.1) is 0 Å². The van der Waals surface area contributed by atoms with Crippen LogP contribution in [0.5, 0.6) is 0 Å². The van der Waals surface area contributed by atoms with Crippen LogP contribution in [0.1, 0.15) is 6.92 Å². The average molecular weight is 205 g/mol. The zero-order chi connectivity index (χ0) is 8.97. The fourth-order valence-corrected chi connectivity index (χ4v) is 1.85. The molecule has 0 saturated heterocycles. The van der Waals surface area contributed by atoms with Gasteiger partial charge in [0.15, 0.2) is 5.16 Å². The first-order valence-corrected chi connectivity index (χ1v) is 5.30. The molecule has 1 N–H and O–H groups in total. The van der Waals surface area contributed by atoms with Crippen molar-refractivity contribution in [2.24, 2.45) is 0 Å². The zero-order valence-electron chi connectivity index (χ0n) is 6.78. The summed E-state index contributed by atoms with van der Waals surface area (Å²) in [6.07, 6.45) is 0. The summed E-state index contributed by atoms with van der Waals surface area (Å²) < 4.78 is 1.61. The van der Waals surface area contributed by atoms with E-state index < -0.39 is 0 Å². The lowest BCUT2D eigenvalue weighted by Gasteiger charge is -1.98. The quantitative estimate of drug-likeness (QED) is 0.559. The molecule has 1 rings (SSSR count). The highest BCUT2D eigenvalue weighted by Crippen LogP contribution is 2.12. The lowest BCUT2D eigenvalue weighted by Crippen LogP contribution is -2.16. The lowest BCUT2D eigenvalue weighted by molar-refractivity contribution is 0.661. The van der Waals surface area contributed by atoms with Crippen molar-refractivity contribution in [3.63, 3.8) is 0 Å². The molecular formula is C6H11N3OS2. The summed E-state index contributed by atoms with van der Waals surface area (Å²) in [6, 6.07) is 0. The van der Waals surface area contributed by atoms with Gasteiger partial charge in [0.25, 0.3) is 0 Å². The van der Waals surface area contributed by atoms with Crippen LogP contribution >= 0.6 is 24.4 Å². The molecule has 12 heavy (non-hydrogen) atoms. The maximum absolute atomic E-state index is 11.0. The van der Waals surface area contributed by atoms with Gasteiger partial charge in [-0.05, 0) is 12.7 Å². The largest absolute Gasteiger partial charge is 0.343 e. The van der Waals surface area contributed by atoms with Crippen molar-refractivity contribution in [3.05, 3.63) is 10.5 Å². The second kappa shape index (κ2) is 4.61. The predicted octanol–water partition coefficient (Wildman–Crippen LogP) is 0.613. The van der Waals surface area contributed by atoms with Gasteiger partial charge in [-0.25, -0.2) is 9.89 Å². The normalized spacial score (nSPS) is 10.5. The van der Waals surface area contributed by atoms with E-state index in [1.54, 1.807) is 4.57 Å². The van der Waals surface area contributed by atoms with Gasteiger partial charge in [-0.2, -0.15) is 12.6 Å². The molecule has 4 nitrogen and oxygen atoms in total. The second-order valence-corrected chi connectivity index (χ2v) is 3.64. The first-order chi connectivity index (χ1) is 5.79. The standard InChI is InChI=1S/C6H11N3OS2/c1-2-9-5(10)7-8-6(9)12-4-3-11/h11H,2-4H2,1H3,(H,7,10). The Hall–Kier alpha value is -0.360. The van der Waals surface area contributed by atoms with Crippen LogP contribution in [0.25, 0.3) is 0 Å². The summed E-state index contributed by atoms with van der Waals surface area (Å²) in [6.45, 7) is 2.58. The SMILES string of the molecule is CCn1c(SCCS)n[nH]c1=O. The number of thioether (sulfide) groups is 1. The smallest absolute Gasteiger partial charge is 0.270 e. The van der Waals surface area contributed by atoms with Gasteiger partial charge >= 0.3 is 5.69 Å². The van der Waals surface area contributed by atoms with Gasteiger partial charge in [0, 0.05) is 12.3 Å². The molecule has 0 aliphatic heterocycles. The van der Waals surface area contributed by atoms with Crippen molar-refractivity contribution in [3.8, 4) is 0 Å². The summed E-state index contributed by atoms with van der Waals surface area (Å²) in [5.41, 5.74) is -0.140. The van der Waals surface area contributed by atoms with Crippen LogP contribution in [-0.4, -0.2) is 26.3 Å². The van der Waals surface area contributed by atoms with Gasteiger partial charge in [0.2, 0.25) is 0 Å². The number of H-pyrrole nitrogens is 1. The third-order valence-corrected chi connectivity index (χ3v) is 2.87. The van der Waals surface area contributed by atoms with E-state index in [4.69, 9.17) is 0 Å². The Morgan fingerprint density at radius 2 is 2.50 bits per heavy atom. The highest BCUT2D eigenvalue weighted by Gasteiger charge is 2.05. The molecule has 0 unspecified atom stereocenters. The maximum Gasteiger partial charge on any atom is 0.343 e. The molecule has 0 amide bonds. The Morgan fingerprint density at radius 3 is 3.08 bits per heavy atom. The minimum absolute atomic E-state index is 0.140. The number of aromatic nitrogens is 3. The van der Waals surface area contributed by atoms with E-state index in [0.717, 1.165) is 16.7 Å². The Bertz CT molecular complexity index is 293. The van der Waals surface area contributed by atoms with Crippen LogP contribution < -0.4 is 5.69 Å². The van der Waals surface area contributed by atoms with E-state index in [1.807, 2.05) is 6.92 Å². The molecule has 0 bridgehead atoms. The van der Waals surface area contributed by atoms with Gasteiger partial charge in [-0.15, -0.1) is 5.10 Å². The summed E-state index contributed by atoms with van der Waals surface area (Å²) in [4.78, 5) is 11.0. The third kappa shape index (κ3) is 2.07. The fourth-order valence-electron chi connectivity index (χ4n) is 0.829. The van der Waals surface area contributed by atoms with E-state index >= 15 is 0 Å². The van der Waals surface area contributed by atoms with Crippen LogP contribution in [0.15, 0.2) is 9.95 Å². The highest BCUT2D eigenvalue weighted by molar-refractivity contribution is 7.99. The molecule has 0 aromatic carbocycles. The summed E-state index contributed by atoms with van der Waals surface area (Å²) in [5, 5.41) is 7.03. The molecule has 0 saturated carbocycles. The fraction of sp³-hybridized carbons (Fsp3) is 0.667. The van der Waals surface area contributed by atoms with Crippen LogP contribution in [0.3, 0.4) is 0 Å². The van der Waals surface area contributed by atoms with Crippen molar-refractivity contribution >= 4 is 24.4 Å². The van der Waals surface area contributed by atoms with Crippen molar-refractivity contribution < 1.29 is 0 Å². The number of hydrogen-bond acceptors (Lipinski definition) is 4. The molecule has 0 spiro atoms. The van der Waals surface area contributed by atoms with Crippen molar-refractivity contribution in [1.29, 1.82) is 0 Å². The van der Waals surface area contributed by atoms with Crippen LogP contribution in [0, 0.1) is 0 Å². The van der Waals surface area contributed by atoms with E-state index in [0.29, 0.717) is 6.54 Å². The summed E-state index contributed by atoms with van der Waals surface area (Å²) >= 11 is 5.61. The number of nitrogens with one attached hydrogen (secondary N) is 1. The first kappa shape index (κ1) is 9.73. The molecule has 0 aliphatic rings. The van der Waals surface area contributed by atoms with Crippen LogP contribution in [0.4, 0.5) is 0 Å². The predicted molar refractivity (Wildman–Crippen MR) is 53.1 cm³/mol. The number of nitrogens with zero attached hydrogens (tertiary/aromatic N) is 2. The second-order valence-electron chi connectivity index (χ2n) is 2.13. The highest BCUT2D eigenvalue weighted by atomic mass is 32.2. The number of thiol groups is 1. The monoisotopic (exact) mass is 205 g/mol.